The summed E-state index contributed by atoms with van der Waals surface area (Å²) in [6, 6.07) is 0. The molecule has 1 amide bonds. The molecule has 21 heavy (non-hydrogen) atoms. The zero-order chi connectivity index (χ0) is 15.8. The largest absolute Gasteiger partial charge is 0.465 e. The van der Waals surface area contributed by atoms with Crippen molar-refractivity contribution in [2.24, 2.45) is 0 Å². The van der Waals surface area contributed by atoms with E-state index in [9.17, 15) is 9.59 Å². The van der Waals surface area contributed by atoms with Gasteiger partial charge in [-0.05, 0) is 20.8 Å². The highest BCUT2D eigenvalue weighted by Crippen LogP contribution is 2.11. The Balaban J connectivity index is 2.54. The number of amides is 1. The molecule has 6 nitrogen and oxygen atoms in total. The first kappa shape index (κ1) is 17.7. The average molecular weight is 298 g/mol. The van der Waals surface area contributed by atoms with Crippen molar-refractivity contribution in [2.45, 2.75) is 33.0 Å². The molecule has 0 spiro atoms. The van der Waals surface area contributed by atoms with Gasteiger partial charge in [0, 0.05) is 19.6 Å². The summed E-state index contributed by atoms with van der Waals surface area (Å²) in [7, 11) is 0. The second-order valence-electron chi connectivity index (χ2n) is 5.32. The van der Waals surface area contributed by atoms with Gasteiger partial charge in [-0.1, -0.05) is 6.08 Å². The van der Waals surface area contributed by atoms with E-state index < -0.39 is 0 Å². The Bertz CT molecular complexity index is 363. The van der Waals surface area contributed by atoms with E-state index in [0.717, 1.165) is 0 Å². The summed E-state index contributed by atoms with van der Waals surface area (Å²) in [5.74, 6) is -0.320. The van der Waals surface area contributed by atoms with E-state index >= 15 is 0 Å². The van der Waals surface area contributed by atoms with Crippen LogP contribution in [0.1, 0.15) is 20.8 Å². The summed E-state index contributed by atoms with van der Waals surface area (Å²) in [6.07, 6.45) is 1.75. The molecule has 1 aliphatic rings. The molecule has 2 atom stereocenters. The van der Waals surface area contributed by atoms with Crippen molar-refractivity contribution < 1.29 is 19.1 Å². The van der Waals surface area contributed by atoms with Crippen LogP contribution in [0.15, 0.2) is 12.7 Å². The van der Waals surface area contributed by atoms with E-state index in [4.69, 9.17) is 9.47 Å². The summed E-state index contributed by atoms with van der Waals surface area (Å²) in [6.45, 7) is 11.6. The van der Waals surface area contributed by atoms with E-state index in [2.05, 4.69) is 6.58 Å². The minimum Gasteiger partial charge on any atom is -0.465 e. The smallest absolute Gasteiger partial charge is 0.320 e. The molecule has 120 valence electrons. The molecule has 1 aliphatic heterocycles. The fourth-order valence-corrected chi connectivity index (χ4v) is 2.43. The van der Waals surface area contributed by atoms with Crippen LogP contribution in [0.4, 0.5) is 0 Å². The molecule has 6 heteroatoms. The molecular weight excluding hydrogens is 272 g/mol. The highest BCUT2D eigenvalue weighted by atomic mass is 16.5. The van der Waals surface area contributed by atoms with Gasteiger partial charge in [0.05, 0.1) is 31.9 Å². The van der Waals surface area contributed by atoms with Gasteiger partial charge in [0.2, 0.25) is 5.91 Å². The Hall–Kier alpha value is -1.40. The Morgan fingerprint density at radius 3 is 2.48 bits per heavy atom. The van der Waals surface area contributed by atoms with Crippen LogP contribution in [0.3, 0.4) is 0 Å². The topological polar surface area (TPSA) is 59.1 Å². The predicted octanol–water partition coefficient (Wildman–Crippen LogP) is 0.673. The Morgan fingerprint density at radius 1 is 1.33 bits per heavy atom. The van der Waals surface area contributed by atoms with Crippen LogP contribution < -0.4 is 0 Å². The van der Waals surface area contributed by atoms with Gasteiger partial charge in [0.25, 0.3) is 0 Å². The lowest BCUT2D eigenvalue weighted by Crippen LogP contribution is -2.51. The second-order valence-corrected chi connectivity index (χ2v) is 5.32. The number of morpholine rings is 1. The molecule has 1 saturated heterocycles. The standard InChI is InChI=1S/C15H26N2O4/c1-5-7-16(11-15(19)20-6-2)10-14(18)17-8-12(3)21-13(4)9-17/h5,12-13H,1,6-11H2,2-4H3. The van der Waals surface area contributed by atoms with Gasteiger partial charge in [-0.3, -0.25) is 14.5 Å². The number of hydrogen-bond donors (Lipinski definition) is 0. The average Bonchev–Trinajstić information content (AvgIpc) is 2.37. The Labute approximate surface area is 126 Å². The number of esters is 1. The number of carbonyl (C=O) groups is 2. The van der Waals surface area contributed by atoms with Crippen LogP contribution in [-0.2, 0) is 19.1 Å². The summed E-state index contributed by atoms with van der Waals surface area (Å²) in [5, 5.41) is 0. The first-order valence-corrected chi connectivity index (χ1v) is 7.38. The molecule has 1 heterocycles. The van der Waals surface area contributed by atoms with Gasteiger partial charge in [-0.25, -0.2) is 0 Å². The van der Waals surface area contributed by atoms with Gasteiger partial charge < -0.3 is 14.4 Å². The summed E-state index contributed by atoms with van der Waals surface area (Å²) in [5.41, 5.74) is 0. The minimum atomic E-state index is -0.323. The molecule has 1 rings (SSSR count). The number of rotatable bonds is 7. The van der Waals surface area contributed by atoms with Gasteiger partial charge in [0.1, 0.15) is 0 Å². The molecule has 0 aromatic carbocycles. The van der Waals surface area contributed by atoms with Crippen molar-refractivity contribution >= 4 is 11.9 Å². The normalized spacial score (nSPS) is 22.2. The summed E-state index contributed by atoms with van der Waals surface area (Å²) >= 11 is 0. The van der Waals surface area contributed by atoms with Gasteiger partial charge in [-0.2, -0.15) is 0 Å². The lowest BCUT2D eigenvalue weighted by molar-refractivity contribution is -0.147. The van der Waals surface area contributed by atoms with E-state index in [1.165, 1.54) is 0 Å². The zero-order valence-electron chi connectivity index (χ0n) is 13.2. The lowest BCUT2D eigenvalue weighted by Gasteiger charge is -2.36. The van der Waals surface area contributed by atoms with Crippen LogP contribution in [0.2, 0.25) is 0 Å². The lowest BCUT2D eigenvalue weighted by atomic mass is 10.2. The maximum absolute atomic E-state index is 12.4. The van der Waals surface area contributed by atoms with Crippen LogP contribution in [0.25, 0.3) is 0 Å². The molecule has 0 N–H and O–H groups in total. The predicted molar refractivity (Wildman–Crippen MR) is 79.9 cm³/mol. The maximum atomic E-state index is 12.4. The fourth-order valence-electron chi connectivity index (χ4n) is 2.43. The first-order valence-electron chi connectivity index (χ1n) is 7.38. The van der Waals surface area contributed by atoms with Crippen LogP contribution >= 0.6 is 0 Å². The van der Waals surface area contributed by atoms with Crippen molar-refractivity contribution in [3.63, 3.8) is 0 Å². The molecule has 0 aliphatic carbocycles. The SMILES string of the molecule is C=CCN(CC(=O)OCC)CC(=O)N1CC(C)OC(C)C1. The third-order valence-electron chi connectivity index (χ3n) is 3.18. The second kappa shape index (κ2) is 8.79. The Kier molecular flexibility index (Phi) is 7.39. The van der Waals surface area contributed by atoms with Crippen LogP contribution in [0, 0.1) is 0 Å². The van der Waals surface area contributed by atoms with Gasteiger partial charge in [-0.15, -0.1) is 6.58 Å². The van der Waals surface area contributed by atoms with Crippen molar-refractivity contribution in [3.8, 4) is 0 Å². The molecule has 0 saturated carbocycles. The minimum absolute atomic E-state index is 0.00292. The van der Waals surface area contributed by atoms with E-state index in [-0.39, 0.29) is 37.2 Å². The third kappa shape index (κ3) is 6.27. The molecule has 1 fully saturated rings. The highest BCUT2D eigenvalue weighted by Gasteiger charge is 2.27. The maximum Gasteiger partial charge on any atom is 0.320 e. The molecule has 0 aromatic rings. The fraction of sp³-hybridized carbons (Fsp3) is 0.733. The number of ether oxygens (including phenoxy) is 2. The van der Waals surface area contributed by atoms with Crippen molar-refractivity contribution in [1.82, 2.24) is 9.80 Å². The monoisotopic (exact) mass is 298 g/mol. The third-order valence-corrected chi connectivity index (χ3v) is 3.18. The van der Waals surface area contributed by atoms with Crippen molar-refractivity contribution in [3.05, 3.63) is 12.7 Å². The van der Waals surface area contributed by atoms with Gasteiger partial charge >= 0.3 is 5.97 Å². The zero-order valence-corrected chi connectivity index (χ0v) is 13.2. The number of nitrogens with zero attached hydrogens (tertiary/aromatic N) is 2. The molecular formula is C15H26N2O4. The van der Waals surface area contributed by atoms with E-state index in [1.807, 2.05) is 13.8 Å². The van der Waals surface area contributed by atoms with Crippen LogP contribution in [0.5, 0.6) is 0 Å². The molecule has 0 bridgehead atoms. The van der Waals surface area contributed by atoms with E-state index in [0.29, 0.717) is 26.2 Å². The molecule has 0 aromatic heterocycles. The van der Waals surface area contributed by atoms with Crippen molar-refractivity contribution in [1.29, 1.82) is 0 Å². The Morgan fingerprint density at radius 2 is 1.95 bits per heavy atom. The summed E-state index contributed by atoms with van der Waals surface area (Å²) < 4.78 is 10.5. The quantitative estimate of drug-likeness (QED) is 0.511. The first-order chi connectivity index (χ1) is 9.96. The van der Waals surface area contributed by atoms with Crippen LogP contribution in [-0.4, -0.2) is 73.2 Å². The van der Waals surface area contributed by atoms with E-state index in [1.54, 1.807) is 22.8 Å². The molecule has 2 unspecified atom stereocenters. The van der Waals surface area contributed by atoms with Gasteiger partial charge in [0.15, 0.2) is 0 Å². The highest BCUT2D eigenvalue weighted by molar-refractivity contribution is 5.79. The van der Waals surface area contributed by atoms with Crippen molar-refractivity contribution in [2.75, 3.05) is 39.3 Å². The number of carbonyl (C=O) groups excluding carboxylic acids is 2. The number of hydrogen-bond acceptors (Lipinski definition) is 5. The molecule has 0 radical (unpaired) electrons. The summed E-state index contributed by atoms with van der Waals surface area (Å²) in [4.78, 5) is 27.4.